The number of hydrogen-bond acceptors (Lipinski definition) is 2. The Morgan fingerprint density at radius 3 is 2.91 bits per heavy atom. The predicted octanol–water partition coefficient (Wildman–Crippen LogP) is 0.547. The van der Waals surface area contributed by atoms with Crippen molar-refractivity contribution in [2.45, 2.75) is 26.4 Å². The highest BCUT2D eigenvalue weighted by Crippen LogP contribution is 2.19. The highest BCUT2D eigenvalue weighted by molar-refractivity contribution is 5.79. The van der Waals surface area contributed by atoms with E-state index in [2.05, 4.69) is 5.32 Å². The fourth-order valence-corrected chi connectivity index (χ4v) is 1.38. The summed E-state index contributed by atoms with van der Waals surface area (Å²) in [5.41, 5.74) is 0. The average molecular weight is 157 g/mol. The van der Waals surface area contributed by atoms with Gasteiger partial charge in [0.25, 0.3) is 0 Å². The van der Waals surface area contributed by atoms with Gasteiger partial charge in [0.1, 0.15) is 0 Å². The van der Waals surface area contributed by atoms with Crippen LogP contribution in [-0.4, -0.2) is 25.2 Å². The molecule has 1 fully saturated rings. The third-order valence-electron chi connectivity index (χ3n) is 2.06. The van der Waals surface area contributed by atoms with E-state index in [0.717, 1.165) is 13.0 Å². The van der Waals surface area contributed by atoms with E-state index >= 15 is 0 Å². The molecule has 0 aromatic rings. The van der Waals surface area contributed by atoms with Gasteiger partial charge >= 0.3 is 0 Å². The molecule has 0 radical (unpaired) electrons. The minimum absolute atomic E-state index is 0.0787. The van der Waals surface area contributed by atoms with Crippen molar-refractivity contribution in [3.63, 3.8) is 0 Å². The molecular weight excluding hydrogens is 142 g/mol. The van der Waals surface area contributed by atoms with E-state index in [1.807, 2.05) is 13.8 Å². The second kappa shape index (κ2) is 3.72. The van der Waals surface area contributed by atoms with Crippen molar-refractivity contribution in [1.29, 1.82) is 0 Å². The van der Waals surface area contributed by atoms with Crippen molar-refractivity contribution >= 4 is 5.91 Å². The van der Waals surface area contributed by atoms with Gasteiger partial charge in [-0.15, -0.1) is 0 Å². The molecule has 2 atom stereocenters. The first-order chi connectivity index (χ1) is 5.25. The maximum Gasteiger partial charge on any atom is 0.225 e. The number of carbonyl (C=O) groups is 1. The Labute approximate surface area is 67.1 Å². The summed E-state index contributed by atoms with van der Waals surface area (Å²) in [5.74, 6) is 0.215. The minimum atomic E-state index is 0.0787. The summed E-state index contributed by atoms with van der Waals surface area (Å²) in [4.78, 5) is 11.3. The zero-order valence-corrected chi connectivity index (χ0v) is 7.09. The lowest BCUT2D eigenvalue weighted by atomic mass is 10.0. The highest BCUT2D eigenvalue weighted by atomic mass is 16.5. The quantitative estimate of drug-likeness (QED) is 0.635. The molecule has 1 amide bonds. The molecule has 1 rings (SSSR count). The summed E-state index contributed by atoms with van der Waals surface area (Å²) in [7, 11) is 0. The molecule has 1 aliphatic rings. The molecule has 0 aromatic carbocycles. The lowest BCUT2D eigenvalue weighted by molar-refractivity contribution is -0.126. The predicted molar refractivity (Wildman–Crippen MR) is 42.2 cm³/mol. The smallest absolute Gasteiger partial charge is 0.225 e. The van der Waals surface area contributed by atoms with Crippen LogP contribution < -0.4 is 5.32 Å². The third-order valence-corrected chi connectivity index (χ3v) is 2.06. The lowest BCUT2D eigenvalue weighted by Crippen LogP contribution is -2.33. The van der Waals surface area contributed by atoms with Crippen molar-refractivity contribution in [1.82, 2.24) is 5.32 Å². The number of ether oxygens (including phenoxy) is 1. The molecular formula is C8H15NO2. The van der Waals surface area contributed by atoms with Crippen LogP contribution in [0.5, 0.6) is 0 Å². The van der Waals surface area contributed by atoms with E-state index in [0.29, 0.717) is 6.54 Å². The first kappa shape index (κ1) is 8.53. The number of nitrogens with one attached hydrogen (secondary N) is 1. The summed E-state index contributed by atoms with van der Waals surface area (Å²) in [6.45, 7) is 5.32. The molecule has 0 spiro atoms. The second-order valence-electron chi connectivity index (χ2n) is 2.87. The van der Waals surface area contributed by atoms with E-state index in [1.165, 1.54) is 0 Å². The fraction of sp³-hybridized carbons (Fsp3) is 0.875. The van der Waals surface area contributed by atoms with E-state index in [4.69, 9.17) is 4.74 Å². The molecule has 3 heteroatoms. The molecule has 11 heavy (non-hydrogen) atoms. The number of rotatable bonds is 2. The Bertz CT molecular complexity index is 147. The van der Waals surface area contributed by atoms with E-state index in [-0.39, 0.29) is 17.9 Å². The van der Waals surface area contributed by atoms with E-state index in [1.54, 1.807) is 0 Å². The van der Waals surface area contributed by atoms with Crippen LogP contribution >= 0.6 is 0 Å². The summed E-state index contributed by atoms with van der Waals surface area (Å²) < 4.78 is 5.27. The maximum absolute atomic E-state index is 11.3. The van der Waals surface area contributed by atoms with Crippen LogP contribution in [0.15, 0.2) is 0 Å². The highest BCUT2D eigenvalue weighted by Gasteiger charge is 2.29. The van der Waals surface area contributed by atoms with Crippen molar-refractivity contribution in [2.24, 2.45) is 5.92 Å². The molecule has 1 saturated heterocycles. The first-order valence-corrected chi connectivity index (χ1v) is 4.15. The molecule has 0 saturated carbocycles. The molecule has 0 bridgehead atoms. The largest absolute Gasteiger partial charge is 0.378 e. The first-order valence-electron chi connectivity index (χ1n) is 4.15. The van der Waals surface area contributed by atoms with Crippen molar-refractivity contribution in [3.8, 4) is 0 Å². The Morgan fingerprint density at radius 1 is 1.73 bits per heavy atom. The zero-order valence-electron chi connectivity index (χ0n) is 7.09. The summed E-state index contributed by atoms with van der Waals surface area (Å²) in [6, 6.07) is 0. The van der Waals surface area contributed by atoms with Crippen LogP contribution in [0.25, 0.3) is 0 Å². The lowest BCUT2D eigenvalue weighted by Gasteiger charge is -2.12. The normalized spacial score (nSPS) is 30.4. The van der Waals surface area contributed by atoms with Gasteiger partial charge in [0.2, 0.25) is 5.91 Å². The van der Waals surface area contributed by atoms with Gasteiger partial charge in [0.15, 0.2) is 0 Å². The van der Waals surface area contributed by atoms with E-state index in [9.17, 15) is 4.79 Å². The molecule has 0 aliphatic carbocycles. The molecule has 1 N–H and O–H groups in total. The Balaban J connectivity index is 2.39. The van der Waals surface area contributed by atoms with Crippen molar-refractivity contribution in [2.75, 3.05) is 13.2 Å². The van der Waals surface area contributed by atoms with Gasteiger partial charge in [0, 0.05) is 13.2 Å². The van der Waals surface area contributed by atoms with Gasteiger partial charge in [-0.2, -0.15) is 0 Å². The standard InChI is InChI=1S/C8H15NO2/c1-3-9-8(10)7-4-5-11-6(7)2/h6-7H,3-5H2,1-2H3,(H,9,10). The number of amides is 1. The molecule has 1 heterocycles. The molecule has 1 aliphatic heterocycles. The van der Waals surface area contributed by atoms with Crippen LogP contribution in [0.3, 0.4) is 0 Å². The van der Waals surface area contributed by atoms with Crippen LogP contribution in [0, 0.1) is 5.92 Å². The van der Waals surface area contributed by atoms with Gasteiger partial charge in [-0.3, -0.25) is 4.79 Å². The number of hydrogen-bond donors (Lipinski definition) is 1. The molecule has 64 valence electrons. The van der Waals surface area contributed by atoms with Crippen LogP contribution in [0.2, 0.25) is 0 Å². The molecule has 0 aromatic heterocycles. The Kier molecular flexibility index (Phi) is 2.88. The SMILES string of the molecule is CCNC(=O)C1CCOC1C. The summed E-state index contributed by atoms with van der Waals surface area (Å²) in [6.07, 6.45) is 0.967. The molecule has 2 unspecified atom stereocenters. The van der Waals surface area contributed by atoms with Crippen LogP contribution in [0.4, 0.5) is 0 Å². The third kappa shape index (κ3) is 1.93. The van der Waals surface area contributed by atoms with Crippen LogP contribution in [-0.2, 0) is 9.53 Å². The topological polar surface area (TPSA) is 38.3 Å². The van der Waals surface area contributed by atoms with Gasteiger partial charge < -0.3 is 10.1 Å². The van der Waals surface area contributed by atoms with Crippen LogP contribution in [0.1, 0.15) is 20.3 Å². The number of carbonyl (C=O) groups excluding carboxylic acids is 1. The van der Waals surface area contributed by atoms with Crippen molar-refractivity contribution in [3.05, 3.63) is 0 Å². The summed E-state index contributed by atoms with van der Waals surface area (Å²) in [5, 5.41) is 2.80. The van der Waals surface area contributed by atoms with E-state index < -0.39 is 0 Å². The maximum atomic E-state index is 11.3. The minimum Gasteiger partial charge on any atom is -0.378 e. The second-order valence-corrected chi connectivity index (χ2v) is 2.87. The van der Waals surface area contributed by atoms with Gasteiger partial charge in [-0.1, -0.05) is 0 Å². The monoisotopic (exact) mass is 157 g/mol. The average Bonchev–Trinajstić information content (AvgIpc) is 2.36. The Hall–Kier alpha value is -0.570. The van der Waals surface area contributed by atoms with Gasteiger partial charge in [-0.05, 0) is 20.3 Å². The van der Waals surface area contributed by atoms with Gasteiger partial charge in [0.05, 0.1) is 12.0 Å². The molecule has 3 nitrogen and oxygen atoms in total. The Morgan fingerprint density at radius 2 is 2.45 bits per heavy atom. The van der Waals surface area contributed by atoms with Crippen molar-refractivity contribution < 1.29 is 9.53 Å². The fourth-order valence-electron chi connectivity index (χ4n) is 1.38. The zero-order chi connectivity index (χ0) is 8.27. The van der Waals surface area contributed by atoms with Gasteiger partial charge in [-0.25, -0.2) is 0 Å². The summed E-state index contributed by atoms with van der Waals surface area (Å²) >= 11 is 0.